The summed E-state index contributed by atoms with van der Waals surface area (Å²) in [5.74, 6) is 0. The van der Waals surface area contributed by atoms with Crippen molar-refractivity contribution in [3.63, 3.8) is 0 Å². The van der Waals surface area contributed by atoms with Crippen LogP contribution in [0, 0.1) is 13.8 Å². The molecule has 0 bridgehead atoms. The highest BCUT2D eigenvalue weighted by atomic mass is 32.2. The van der Waals surface area contributed by atoms with E-state index in [9.17, 15) is 8.42 Å². The van der Waals surface area contributed by atoms with Gasteiger partial charge >= 0.3 is 0 Å². The molecule has 132 valence electrons. The van der Waals surface area contributed by atoms with Gasteiger partial charge in [-0.1, -0.05) is 24.3 Å². The highest BCUT2D eigenvalue weighted by Gasteiger charge is 2.25. The Kier molecular flexibility index (Phi) is 4.94. The quantitative estimate of drug-likeness (QED) is 0.712. The smallest absolute Gasteiger partial charge is 0.265 e. The van der Waals surface area contributed by atoms with E-state index in [0.29, 0.717) is 17.1 Å². The van der Waals surface area contributed by atoms with Gasteiger partial charge in [0.15, 0.2) is 0 Å². The fraction of sp³-hybridized carbons (Fsp3) is 0.235. The summed E-state index contributed by atoms with van der Waals surface area (Å²) in [4.78, 5) is 1.19. The van der Waals surface area contributed by atoms with Crippen LogP contribution in [0.1, 0.15) is 11.4 Å². The molecule has 0 spiro atoms. The van der Waals surface area contributed by atoms with Gasteiger partial charge in [0.25, 0.3) is 10.0 Å². The molecule has 2 aromatic heterocycles. The third kappa shape index (κ3) is 3.46. The molecule has 0 aliphatic carbocycles. The Morgan fingerprint density at radius 2 is 1.96 bits per heavy atom. The van der Waals surface area contributed by atoms with E-state index in [1.54, 1.807) is 38.4 Å². The Balaban J connectivity index is 2.02. The van der Waals surface area contributed by atoms with Crippen LogP contribution in [-0.2, 0) is 21.5 Å². The maximum atomic E-state index is 13.0. The van der Waals surface area contributed by atoms with E-state index in [-0.39, 0.29) is 11.6 Å². The van der Waals surface area contributed by atoms with Gasteiger partial charge in [-0.15, -0.1) is 11.3 Å². The number of ether oxygens (including phenoxy) is 1. The first-order valence-corrected chi connectivity index (χ1v) is 9.99. The number of thiophene rings is 1. The molecule has 3 rings (SSSR count). The molecule has 0 radical (unpaired) electrons. The summed E-state index contributed by atoms with van der Waals surface area (Å²) >= 11 is 1.56. The largest absolute Gasteiger partial charge is 0.362 e. The van der Waals surface area contributed by atoms with Crippen molar-refractivity contribution in [1.82, 2.24) is 9.78 Å². The number of methoxy groups -OCH3 is 1. The van der Waals surface area contributed by atoms with Gasteiger partial charge in [0, 0.05) is 17.6 Å². The van der Waals surface area contributed by atoms with Crippen LogP contribution in [0.3, 0.4) is 0 Å². The lowest BCUT2D eigenvalue weighted by atomic mass is 10.1. The summed E-state index contributed by atoms with van der Waals surface area (Å²) in [7, 11) is -2.23. The molecule has 0 amide bonds. The first-order valence-electron chi connectivity index (χ1n) is 7.62. The van der Waals surface area contributed by atoms with Crippen LogP contribution in [0.4, 0.5) is 5.69 Å². The Hall–Kier alpha value is -2.16. The van der Waals surface area contributed by atoms with E-state index >= 15 is 0 Å². The molecule has 6 nitrogen and oxygen atoms in total. The van der Waals surface area contributed by atoms with Gasteiger partial charge in [0.1, 0.15) is 11.6 Å². The Labute approximate surface area is 151 Å². The predicted octanol–water partition coefficient (Wildman–Crippen LogP) is 3.63. The maximum Gasteiger partial charge on any atom is 0.265 e. The molecule has 0 aliphatic rings. The fourth-order valence-electron chi connectivity index (χ4n) is 2.73. The topological polar surface area (TPSA) is 73.2 Å². The Morgan fingerprint density at radius 3 is 2.64 bits per heavy atom. The average molecular weight is 377 g/mol. The lowest BCUT2D eigenvalue weighted by Gasteiger charge is -2.12. The van der Waals surface area contributed by atoms with E-state index in [4.69, 9.17) is 4.74 Å². The van der Waals surface area contributed by atoms with Gasteiger partial charge in [-0.3, -0.25) is 4.72 Å². The average Bonchev–Trinajstić information content (AvgIpc) is 3.17. The van der Waals surface area contributed by atoms with Gasteiger partial charge in [0.05, 0.1) is 17.1 Å². The number of nitrogens with one attached hydrogen (secondary N) is 1. The molecule has 1 N–H and O–H groups in total. The zero-order chi connectivity index (χ0) is 18.0. The highest BCUT2D eigenvalue weighted by molar-refractivity contribution is 7.92. The number of hydrogen-bond acceptors (Lipinski definition) is 5. The number of aryl methyl sites for hydroxylation is 1. The first-order chi connectivity index (χ1) is 11.9. The van der Waals surface area contributed by atoms with Crippen molar-refractivity contribution < 1.29 is 13.2 Å². The zero-order valence-electron chi connectivity index (χ0n) is 14.2. The SMILES string of the molecule is COCn1nc(C)c(S(=O)(=O)Nc2ccccc2-c2cccs2)c1C. The van der Waals surface area contributed by atoms with Crippen LogP contribution in [-0.4, -0.2) is 25.3 Å². The van der Waals surface area contributed by atoms with Crippen molar-refractivity contribution in [3.05, 3.63) is 53.2 Å². The van der Waals surface area contributed by atoms with Gasteiger partial charge in [-0.2, -0.15) is 5.10 Å². The van der Waals surface area contributed by atoms with Gasteiger partial charge in [-0.25, -0.2) is 13.1 Å². The third-order valence-corrected chi connectivity index (χ3v) is 6.31. The lowest BCUT2D eigenvalue weighted by molar-refractivity contribution is 0.118. The molecule has 0 saturated carbocycles. The maximum absolute atomic E-state index is 13.0. The number of para-hydroxylation sites is 1. The molecule has 2 heterocycles. The van der Waals surface area contributed by atoms with Crippen LogP contribution in [0.25, 0.3) is 10.4 Å². The van der Waals surface area contributed by atoms with Crippen molar-refractivity contribution in [2.45, 2.75) is 25.5 Å². The number of anilines is 1. The predicted molar refractivity (Wildman–Crippen MR) is 99.3 cm³/mol. The number of aromatic nitrogens is 2. The number of benzene rings is 1. The normalized spacial score (nSPS) is 11.6. The van der Waals surface area contributed by atoms with Crippen molar-refractivity contribution in [1.29, 1.82) is 0 Å². The summed E-state index contributed by atoms with van der Waals surface area (Å²) in [5, 5.41) is 6.22. The molecule has 0 fully saturated rings. The number of nitrogens with zero attached hydrogens (tertiary/aromatic N) is 2. The van der Waals surface area contributed by atoms with Crippen molar-refractivity contribution >= 4 is 27.0 Å². The third-order valence-electron chi connectivity index (χ3n) is 3.79. The monoisotopic (exact) mass is 377 g/mol. The van der Waals surface area contributed by atoms with Crippen LogP contribution < -0.4 is 4.72 Å². The zero-order valence-corrected chi connectivity index (χ0v) is 15.8. The lowest BCUT2D eigenvalue weighted by Crippen LogP contribution is -2.15. The number of hydrogen-bond donors (Lipinski definition) is 1. The molecule has 8 heteroatoms. The molecule has 0 saturated heterocycles. The van der Waals surface area contributed by atoms with E-state index < -0.39 is 10.0 Å². The molecule has 0 unspecified atom stereocenters. The van der Waals surface area contributed by atoms with E-state index in [0.717, 1.165) is 10.4 Å². The van der Waals surface area contributed by atoms with Gasteiger partial charge < -0.3 is 4.74 Å². The summed E-state index contributed by atoms with van der Waals surface area (Å²) < 4.78 is 35.3. The molecule has 1 aromatic carbocycles. The minimum Gasteiger partial charge on any atom is -0.362 e. The van der Waals surface area contributed by atoms with Crippen LogP contribution in [0.2, 0.25) is 0 Å². The minimum absolute atomic E-state index is 0.186. The summed E-state index contributed by atoms with van der Waals surface area (Å²) in [5.41, 5.74) is 2.38. The summed E-state index contributed by atoms with van der Waals surface area (Å²) in [6, 6.07) is 11.3. The van der Waals surface area contributed by atoms with Crippen LogP contribution in [0.15, 0.2) is 46.7 Å². The van der Waals surface area contributed by atoms with Gasteiger partial charge in [0.2, 0.25) is 0 Å². The van der Waals surface area contributed by atoms with Crippen molar-refractivity contribution in [2.24, 2.45) is 0 Å². The summed E-state index contributed by atoms with van der Waals surface area (Å²) in [6.07, 6.45) is 0. The second-order valence-electron chi connectivity index (χ2n) is 5.55. The standard InChI is InChI=1S/C17H19N3O3S2/c1-12-17(13(2)20(18-12)11-23-3)25(21,22)19-15-8-5-4-7-14(15)16-9-6-10-24-16/h4-10,19H,11H2,1-3H3. The molecule has 0 atom stereocenters. The van der Waals surface area contributed by atoms with E-state index in [1.165, 1.54) is 4.68 Å². The fourth-order valence-corrected chi connectivity index (χ4v) is 4.99. The van der Waals surface area contributed by atoms with E-state index in [2.05, 4.69) is 9.82 Å². The van der Waals surface area contributed by atoms with Gasteiger partial charge in [-0.05, 0) is 31.4 Å². The Bertz CT molecular complexity index is 977. The molecule has 3 aromatic rings. The number of sulfonamides is 1. The van der Waals surface area contributed by atoms with Crippen molar-refractivity contribution in [3.8, 4) is 10.4 Å². The highest BCUT2D eigenvalue weighted by Crippen LogP contribution is 2.33. The summed E-state index contributed by atoms with van der Waals surface area (Å²) in [6.45, 7) is 3.60. The molecule has 0 aliphatic heterocycles. The van der Waals surface area contributed by atoms with Crippen LogP contribution in [0.5, 0.6) is 0 Å². The molecular formula is C17H19N3O3S2. The van der Waals surface area contributed by atoms with Crippen molar-refractivity contribution in [2.75, 3.05) is 11.8 Å². The first kappa shape index (κ1) is 17.7. The number of rotatable bonds is 6. The molecular weight excluding hydrogens is 358 g/mol. The van der Waals surface area contributed by atoms with E-state index in [1.807, 2.05) is 35.7 Å². The minimum atomic E-state index is -3.77. The second kappa shape index (κ2) is 6.99. The Morgan fingerprint density at radius 1 is 1.20 bits per heavy atom. The van der Waals surface area contributed by atoms with Crippen LogP contribution >= 0.6 is 11.3 Å². The second-order valence-corrected chi connectivity index (χ2v) is 8.11. The molecule has 25 heavy (non-hydrogen) atoms.